The molecule has 7 heteroatoms. The Morgan fingerprint density at radius 1 is 1.11 bits per heavy atom. The first-order valence-electron chi connectivity index (χ1n) is 8.65. The van der Waals surface area contributed by atoms with Crippen LogP contribution in [0.25, 0.3) is 16.9 Å². The summed E-state index contributed by atoms with van der Waals surface area (Å²) >= 11 is 2.28. The smallest absolute Gasteiger partial charge is 0.152 e. The molecule has 27 heavy (non-hydrogen) atoms. The highest BCUT2D eigenvalue weighted by molar-refractivity contribution is 14.1. The third-order valence-electron chi connectivity index (χ3n) is 4.51. The SMILES string of the molecule is O=S1(=O)CC[C@H](N=Cc2cn(-c3ccccc3)nc2-c2ccc(I)cc2)C1. The number of rotatable bonds is 4. The van der Waals surface area contributed by atoms with Gasteiger partial charge in [0, 0.05) is 27.1 Å². The van der Waals surface area contributed by atoms with Gasteiger partial charge < -0.3 is 0 Å². The minimum absolute atomic E-state index is 0.134. The topological polar surface area (TPSA) is 64.3 Å². The van der Waals surface area contributed by atoms with Gasteiger partial charge in [0.25, 0.3) is 0 Å². The minimum Gasteiger partial charge on any atom is -0.288 e. The van der Waals surface area contributed by atoms with Gasteiger partial charge in [-0.2, -0.15) is 5.10 Å². The molecule has 1 aliphatic rings. The predicted molar refractivity (Wildman–Crippen MR) is 116 cm³/mol. The third kappa shape index (κ3) is 4.30. The minimum atomic E-state index is -2.94. The van der Waals surface area contributed by atoms with Gasteiger partial charge in [-0.3, -0.25) is 4.99 Å². The molecule has 0 bridgehead atoms. The zero-order valence-electron chi connectivity index (χ0n) is 14.5. The Labute approximate surface area is 172 Å². The fraction of sp³-hybridized carbons (Fsp3) is 0.200. The molecule has 0 aliphatic carbocycles. The van der Waals surface area contributed by atoms with Crippen LogP contribution < -0.4 is 0 Å². The maximum atomic E-state index is 11.7. The summed E-state index contributed by atoms with van der Waals surface area (Å²) in [7, 11) is -2.94. The molecule has 0 saturated carbocycles. The van der Waals surface area contributed by atoms with Crippen molar-refractivity contribution in [2.24, 2.45) is 4.99 Å². The van der Waals surface area contributed by atoms with Crippen LogP contribution in [0.4, 0.5) is 0 Å². The Morgan fingerprint density at radius 3 is 2.52 bits per heavy atom. The van der Waals surface area contributed by atoms with E-state index in [2.05, 4.69) is 27.6 Å². The number of aromatic nitrogens is 2. The lowest BCUT2D eigenvalue weighted by Gasteiger charge is -2.01. The zero-order valence-corrected chi connectivity index (χ0v) is 17.5. The molecule has 1 aliphatic heterocycles. The lowest BCUT2D eigenvalue weighted by atomic mass is 10.1. The van der Waals surface area contributed by atoms with Crippen molar-refractivity contribution in [2.75, 3.05) is 11.5 Å². The number of hydrogen-bond acceptors (Lipinski definition) is 4. The summed E-state index contributed by atoms with van der Waals surface area (Å²) in [4.78, 5) is 4.54. The summed E-state index contributed by atoms with van der Waals surface area (Å²) in [6, 6.07) is 17.9. The van der Waals surface area contributed by atoms with E-state index in [1.54, 1.807) is 6.21 Å². The zero-order chi connectivity index (χ0) is 18.9. The number of sulfone groups is 1. The van der Waals surface area contributed by atoms with Crippen LogP contribution in [0.2, 0.25) is 0 Å². The van der Waals surface area contributed by atoms with Gasteiger partial charge in [0.15, 0.2) is 9.84 Å². The molecule has 0 spiro atoms. The molecule has 5 nitrogen and oxygen atoms in total. The molecule has 2 aromatic carbocycles. The average molecular weight is 491 g/mol. The van der Waals surface area contributed by atoms with Gasteiger partial charge in [0.2, 0.25) is 0 Å². The predicted octanol–water partition coefficient (Wildman–Crippen LogP) is 3.75. The van der Waals surface area contributed by atoms with E-state index in [4.69, 9.17) is 5.10 Å². The number of halogens is 1. The number of benzene rings is 2. The lowest BCUT2D eigenvalue weighted by molar-refractivity contribution is 0.601. The molecule has 1 fully saturated rings. The van der Waals surface area contributed by atoms with E-state index in [0.29, 0.717) is 6.42 Å². The molecule has 1 atom stereocenters. The quantitative estimate of drug-likeness (QED) is 0.413. The maximum Gasteiger partial charge on any atom is 0.152 e. The summed E-state index contributed by atoms with van der Waals surface area (Å²) in [5.74, 6) is 0.359. The monoisotopic (exact) mass is 491 g/mol. The van der Waals surface area contributed by atoms with Crippen LogP contribution in [0.5, 0.6) is 0 Å². The molecule has 0 amide bonds. The van der Waals surface area contributed by atoms with Crippen LogP contribution >= 0.6 is 22.6 Å². The van der Waals surface area contributed by atoms with E-state index in [-0.39, 0.29) is 17.5 Å². The van der Waals surface area contributed by atoms with Gasteiger partial charge in [-0.25, -0.2) is 13.1 Å². The summed E-state index contributed by atoms with van der Waals surface area (Å²) in [5, 5.41) is 4.76. The molecular formula is C20H18IN3O2S. The second-order valence-electron chi connectivity index (χ2n) is 6.56. The summed E-state index contributed by atoms with van der Waals surface area (Å²) in [6.45, 7) is 0. The average Bonchev–Trinajstić information content (AvgIpc) is 3.24. The van der Waals surface area contributed by atoms with Crippen molar-refractivity contribution in [1.82, 2.24) is 9.78 Å². The van der Waals surface area contributed by atoms with Crippen molar-refractivity contribution < 1.29 is 8.42 Å². The fourth-order valence-electron chi connectivity index (χ4n) is 3.11. The van der Waals surface area contributed by atoms with E-state index >= 15 is 0 Å². The van der Waals surface area contributed by atoms with E-state index in [0.717, 1.165) is 26.1 Å². The van der Waals surface area contributed by atoms with Gasteiger partial charge >= 0.3 is 0 Å². The van der Waals surface area contributed by atoms with Crippen LogP contribution in [0.15, 0.2) is 65.8 Å². The van der Waals surface area contributed by atoms with Crippen molar-refractivity contribution >= 4 is 38.6 Å². The van der Waals surface area contributed by atoms with Gasteiger partial charge in [0.1, 0.15) is 5.69 Å². The van der Waals surface area contributed by atoms with Gasteiger partial charge in [-0.15, -0.1) is 0 Å². The highest BCUT2D eigenvalue weighted by atomic mass is 127. The number of nitrogens with zero attached hydrogens (tertiary/aromatic N) is 3. The molecule has 1 saturated heterocycles. The van der Waals surface area contributed by atoms with Crippen LogP contribution in [0.1, 0.15) is 12.0 Å². The van der Waals surface area contributed by atoms with Gasteiger partial charge in [-0.1, -0.05) is 30.3 Å². The summed E-state index contributed by atoms with van der Waals surface area (Å²) in [5.41, 5.74) is 3.68. The first-order chi connectivity index (χ1) is 13.0. The van der Waals surface area contributed by atoms with Crippen LogP contribution in [-0.2, 0) is 9.84 Å². The maximum absolute atomic E-state index is 11.7. The number of hydrogen-bond donors (Lipinski definition) is 0. The van der Waals surface area contributed by atoms with Crippen LogP contribution in [-0.4, -0.2) is 42.0 Å². The molecule has 138 valence electrons. The molecule has 0 radical (unpaired) electrons. The Bertz CT molecular complexity index is 1070. The highest BCUT2D eigenvalue weighted by Crippen LogP contribution is 2.24. The summed E-state index contributed by atoms with van der Waals surface area (Å²) in [6.07, 6.45) is 4.30. The Hall–Kier alpha value is -2.00. The Kier molecular flexibility index (Phi) is 5.14. The highest BCUT2D eigenvalue weighted by Gasteiger charge is 2.27. The van der Waals surface area contributed by atoms with Crippen LogP contribution in [0, 0.1) is 3.57 Å². The van der Waals surface area contributed by atoms with Crippen molar-refractivity contribution in [3.8, 4) is 16.9 Å². The number of para-hydroxylation sites is 1. The molecule has 0 unspecified atom stereocenters. The van der Waals surface area contributed by atoms with E-state index in [1.807, 2.05) is 65.5 Å². The van der Waals surface area contributed by atoms with E-state index in [9.17, 15) is 8.42 Å². The first-order valence-corrected chi connectivity index (χ1v) is 11.5. The second-order valence-corrected chi connectivity index (χ2v) is 10.0. The Balaban J connectivity index is 1.72. The summed E-state index contributed by atoms with van der Waals surface area (Å²) < 4.78 is 26.3. The standard InChI is InChI=1S/C20H18IN3O2S/c21-17-8-6-15(7-9-17)20-16(12-22-18-10-11-27(25,26)14-18)13-24(23-20)19-4-2-1-3-5-19/h1-9,12-13,18H,10-11,14H2/t18-/m0/s1. The lowest BCUT2D eigenvalue weighted by Crippen LogP contribution is -2.07. The second kappa shape index (κ2) is 7.55. The van der Waals surface area contributed by atoms with E-state index in [1.165, 1.54) is 0 Å². The Morgan fingerprint density at radius 2 is 1.85 bits per heavy atom. The number of aliphatic imine (C=N–C) groups is 1. The van der Waals surface area contributed by atoms with Crippen molar-refractivity contribution in [1.29, 1.82) is 0 Å². The molecule has 1 aromatic heterocycles. The van der Waals surface area contributed by atoms with E-state index < -0.39 is 9.84 Å². The molecule has 2 heterocycles. The molecule has 0 N–H and O–H groups in total. The molecular weight excluding hydrogens is 473 g/mol. The van der Waals surface area contributed by atoms with Gasteiger partial charge in [-0.05, 0) is 53.3 Å². The molecule has 4 rings (SSSR count). The largest absolute Gasteiger partial charge is 0.288 e. The first kappa shape index (κ1) is 18.4. The van der Waals surface area contributed by atoms with Crippen molar-refractivity contribution in [3.63, 3.8) is 0 Å². The normalized spacial score (nSPS) is 18.9. The molecule has 3 aromatic rings. The third-order valence-corrected chi connectivity index (χ3v) is 6.98. The van der Waals surface area contributed by atoms with Crippen LogP contribution in [0.3, 0.4) is 0 Å². The van der Waals surface area contributed by atoms with Crippen molar-refractivity contribution in [2.45, 2.75) is 12.5 Å². The fourth-order valence-corrected chi connectivity index (χ4v) is 5.10. The van der Waals surface area contributed by atoms with Gasteiger partial charge in [0.05, 0.1) is 23.2 Å². The van der Waals surface area contributed by atoms with Crippen molar-refractivity contribution in [3.05, 3.63) is 69.9 Å².